The summed E-state index contributed by atoms with van der Waals surface area (Å²) in [4.78, 5) is 13.1. The quantitative estimate of drug-likeness (QED) is 0.592. The minimum Gasteiger partial charge on any atom is -0.377 e. The number of benzene rings is 1. The second-order valence-electron chi connectivity index (χ2n) is 7.47. The van der Waals surface area contributed by atoms with Crippen molar-refractivity contribution in [2.24, 2.45) is 17.8 Å². The minimum absolute atomic E-state index is 0.0611. The molecule has 3 heteroatoms. The van der Waals surface area contributed by atoms with E-state index in [9.17, 15) is 9.90 Å². The van der Waals surface area contributed by atoms with Gasteiger partial charge in [-0.05, 0) is 43.2 Å². The topological polar surface area (TPSA) is 49.3 Å². The number of carbonyl (C=O) groups excluding carboxylic acids is 1. The third kappa shape index (κ3) is 3.81. The molecule has 2 aliphatic rings. The number of nitrogens with one attached hydrogen (secondary N) is 1. The molecule has 0 heterocycles. The van der Waals surface area contributed by atoms with Crippen LogP contribution < -0.4 is 5.32 Å². The molecule has 2 N–H and O–H groups in total. The second kappa shape index (κ2) is 8.17. The largest absolute Gasteiger partial charge is 0.377 e. The molecular formula is C22H29NO2. The van der Waals surface area contributed by atoms with Crippen molar-refractivity contribution in [1.82, 2.24) is 5.32 Å². The number of Topliss-reactive ketones (excluding diaryl/α,β-unsaturated/α-hetero) is 1. The maximum atomic E-state index is 13.1. The van der Waals surface area contributed by atoms with Crippen LogP contribution in [0.3, 0.4) is 0 Å². The number of rotatable bonds is 7. The van der Waals surface area contributed by atoms with E-state index in [0.29, 0.717) is 31.2 Å². The molecule has 3 nitrogen and oxygen atoms in total. The van der Waals surface area contributed by atoms with E-state index in [1.54, 1.807) is 0 Å². The zero-order chi connectivity index (χ0) is 17.7. The molecule has 134 valence electrons. The number of ketones is 1. The molecule has 0 spiro atoms. The highest BCUT2D eigenvalue weighted by atomic mass is 16.3. The first-order valence-electron chi connectivity index (χ1n) is 9.63. The monoisotopic (exact) mass is 339 g/mol. The third-order valence-corrected chi connectivity index (χ3v) is 5.98. The molecule has 1 aromatic rings. The summed E-state index contributed by atoms with van der Waals surface area (Å²) in [6, 6.07) is 9.57. The summed E-state index contributed by atoms with van der Waals surface area (Å²) in [6.45, 7) is 3.59. The lowest BCUT2D eigenvalue weighted by atomic mass is 9.70. The predicted octanol–water partition coefficient (Wildman–Crippen LogP) is 3.27. The van der Waals surface area contributed by atoms with Crippen LogP contribution in [0.2, 0.25) is 0 Å². The van der Waals surface area contributed by atoms with E-state index in [1.165, 1.54) is 12.8 Å². The van der Waals surface area contributed by atoms with Crippen LogP contribution in [-0.2, 0) is 10.4 Å². The molecule has 25 heavy (non-hydrogen) atoms. The van der Waals surface area contributed by atoms with Crippen LogP contribution >= 0.6 is 0 Å². The van der Waals surface area contributed by atoms with Gasteiger partial charge in [-0.2, -0.15) is 0 Å². The molecule has 0 aromatic heterocycles. The molecule has 2 aliphatic carbocycles. The van der Waals surface area contributed by atoms with E-state index < -0.39 is 5.60 Å². The van der Waals surface area contributed by atoms with Crippen LogP contribution in [0.25, 0.3) is 0 Å². The molecule has 4 atom stereocenters. The Hall–Kier alpha value is -1.63. The Labute approximate surface area is 151 Å². The molecular weight excluding hydrogens is 310 g/mol. The van der Waals surface area contributed by atoms with Crippen molar-refractivity contribution in [2.75, 3.05) is 13.1 Å². The van der Waals surface area contributed by atoms with Gasteiger partial charge in [0.05, 0.1) is 6.54 Å². The normalized spacial score (nSPS) is 26.7. The lowest BCUT2D eigenvalue weighted by Gasteiger charge is -2.38. The summed E-state index contributed by atoms with van der Waals surface area (Å²) >= 11 is 0. The number of carbonyl (C=O) groups is 1. The van der Waals surface area contributed by atoms with Gasteiger partial charge in [0.1, 0.15) is 0 Å². The number of fused-ring (bicyclic) bond motifs is 2. The van der Waals surface area contributed by atoms with Crippen LogP contribution in [-0.4, -0.2) is 24.0 Å². The fourth-order valence-electron chi connectivity index (χ4n) is 4.74. The molecule has 0 aliphatic heterocycles. The fourth-order valence-corrected chi connectivity index (χ4v) is 4.74. The van der Waals surface area contributed by atoms with Gasteiger partial charge in [0.2, 0.25) is 0 Å². The van der Waals surface area contributed by atoms with Crippen LogP contribution in [0.4, 0.5) is 0 Å². The molecule has 0 saturated heterocycles. The van der Waals surface area contributed by atoms with Gasteiger partial charge in [0.25, 0.3) is 0 Å². The molecule has 2 bridgehead atoms. The zero-order valence-electron chi connectivity index (χ0n) is 15.1. The van der Waals surface area contributed by atoms with Gasteiger partial charge in [-0.3, -0.25) is 4.79 Å². The number of hydrogen-bond acceptors (Lipinski definition) is 3. The lowest BCUT2D eigenvalue weighted by molar-refractivity contribution is -0.148. The fraction of sp³-hybridized carbons (Fsp3) is 0.591. The van der Waals surface area contributed by atoms with Gasteiger partial charge < -0.3 is 10.4 Å². The summed E-state index contributed by atoms with van der Waals surface area (Å²) in [7, 11) is 0. The number of aliphatic hydroxyl groups is 1. The first-order chi connectivity index (χ1) is 12.2. The van der Waals surface area contributed by atoms with Crippen LogP contribution in [0, 0.1) is 29.6 Å². The van der Waals surface area contributed by atoms with E-state index in [4.69, 9.17) is 0 Å². The first kappa shape index (κ1) is 18.2. The highest BCUT2D eigenvalue weighted by Crippen LogP contribution is 2.55. The maximum Gasteiger partial charge on any atom is 0.170 e. The van der Waals surface area contributed by atoms with E-state index in [0.717, 1.165) is 24.9 Å². The molecule has 2 saturated carbocycles. The van der Waals surface area contributed by atoms with Gasteiger partial charge >= 0.3 is 0 Å². The van der Waals surface area contributed by atoms with Crippen molar-refractivity contribution in [3.05, 3.63) is 35.9 Å². The average molecular weight is 339 g/mol. The van der Waals surface area contributed by atoms with Crippen LogP contribution in [0.1, 0.15) is 51.0 Å². The smallest absolute Gasteiger partial charge is 0.170 e. The third-order valence-electron chi connectivity index (χ3n) is 5.98. The Morgan fingerprint density at radius 1 is 1.24 bits per heavy atom. The minimum atomic E-state index is -1.34. The predicted molar refractivity (Wildman–Crippen MR) is 99.8 cm³/mol. The summed E-state index contributed by atoms with van der Waals surface area (Å²) in [5.41, 5.74) is -0.581. The van der Waals surface area contributed by atoms with E-state index in [-0.39, 0.29) is 11.7 Å². The Morgan fingerprint density at radius 3 is 2.68 bits per heavy atom. The van der Waals surface area contributed by atoms with Gasteiger partial charge in [-0.25, -0.2) is 0 Å². The van der Waals surface area contributed by atoms with E-state index in [1.807, 2.05) is 37.3 Å². The Bertz CT molecular complexity index is 645. The van der Waals surface area contributed by atoms with Crippen molar-refractivity contribution in [1.29, 1.82) is 0 Å². The standard InChI is InChI=1S/C22H29NO2/c1-2-23-14-8-4-7-11-21(24)22(25,19-9-5-3-6-10-19)20-16-17-12-13-18(20)15-17/h3,5-6,9-10,17-18,20,23,25H,2,7,11-16H2,1H3. The summed E-state index contributed by atoms with van der Waals surface area (Å²) < 4.78 is 0. The van der Waals surface area contributed by atoms with E-state index >= 15 is 0 Å². The summed E-state index contributed by atoms with van der Waals surface area (Å²) in [6.07, 6.45) is 5.40. The molecule has 3 rings (SSSR count). The van der Waals surface area contributed by atoms with Crippen LogP contribution in [0.15, 0.2) is 30.3 Å². The molecule has 0 radical (unpaired) electrons. The highest BCUT2D eigenvalue weighted by Gasteiger charge is 2.53. The highest BCUT2D eigenvalue weighted by molar-refractivity contribution is 5.89. The van der Waals surface area contributed by atoms with Crippen molar-refractivity contribution >= 4 is 5.78 Å². The zero-order valence-corrected chi connectivity index (χ0v) is 15.1. The van der Waals surface area contributed by atoms with Gasteiger partial charge in [0.15, 0.2) is 11.4 Å². The summed E-state index contributed by atoms with van der Waals surface area (Å²) in [5.74, 6) is 7.27. The number of hydrogen-bond donors (Lipinski definition) is 2. The molecule has 4 unspecified atom stereocenters. The Kier molecular flexibility index (Phi) is 5.93. The molecule has 1 aromatic carbocycles. The average Bonchev–Trinajstić information content (AvgIpc) is 3.28. The maximum absolute atomic E-state index is 13.1. The van der Waals surface area contributed by atoms with Crippen molar-refractivity contribution in [3.8, 4) is 11.8 Å². The van der Waals surface area contributed by atoms with Crippen molar-refractivity contribution in [3.63, 3.8) is 0 Å². The first-order valence-corrected chi connectivity index (χ1v) is 9.63. The lowest BCUT2D eigenvalue weighted by Crippen LogP contribution is -2.45. The van der Waals surface area contributed by atoms with Crippen molar-refractivity contribution in [2.45, 2.75) is 51.0 Å². The van der Waals surface area contributed by atoms with Gasteiger partial charge in [-0.1, -0.05) is 49.6 Å². The SMILES string of the molecule is CCNCC#CCCC(=O)C(O)(c1ccccc1)C1CC2CCC1C2. The van der Waals surface area contributed by atoms with Crippen LogP contribution in [0.5, 0.6) is 0 Å². The Balaban J connectivity index is 1.75. The van der Waals surface area contributed by atoms with Crippen molar-refractivity contribution < 1.29 is 9.90 Å². The van der Waals surface area contributed by atoms with E-state index in [2.05, 4.69) is 17.2 Å². The molecule has 2 fully saturated rings. The van der Waals surface area contributed by atoms with Gasteiger partial charge in [0, 0.05) is 18.8 Å². The Morgan fingerprint density at radius 2 is 2.04 bits per heavy atom. The van der Waals surface area contributed by atoms with Gasteiger partial charge in [-0.15, -0.1) is 5.92 Å². The summed E-state index contributed by atoms with van der Waals surface area (Å²) in [5, 5.41) is 14.8. The second-order valence-corrected chi connectivity index (χ2v) is 7.47. The molecule has 0 amide bonds.